The Labute approximate surface area is 248 Å². The molecule has 10 atom stereocenters. The Morgan fingerprint density at radius 2 is 1.98 bits per heavy atom. The number of hydrogen-bond acceptors (Lipinski definition) is 6. The van der Waals surface area contributed by atoms with E-state index in [-0.39, 0.29) is 36.4 Å². The fraction of sp³-hybridized carbons (Fsp3) is 0.697. The van der Waals surface area contributed by atoms with Gasteiger partial charge in [0.05, 0.1) is 18.1 Å². The first kappa shape index (κ1) is 29.3. The molecule has 0 radical (unpaired) electrons. The van der Waals surface area contributed by atoms with Gasteiger partial charge in [0.2, 0.25) is 0 Å². The number of carboxylic acid groups (broad SMARTS) is 1. The number of hydrogen-bond donors (Lipinski definition) is 2. The van der Waals surface area contributed by atoms with E-state index in [0.29, 0.717) is 37.0 Å². The quantitative estimate of drug-likeness (QED) is 0.320. The Balaban J connectivity index is 1.31. The lowest BCUT2D eigenvalue weighted by atomic mass is 9.43. The summed E-state index contributed by atoms with van der Waals surface area (Å²) in [6.45, 7) is 9.97. The fourth-order valence-electron chi connectivity index (χ4n) is 10.2. The number of β-amino-alcohol motifs (C(OH)–C–C–N with tert-alkyl or cyclic N) is 1. The van der Waals surface area contributed by atoms with Crippen LogP contribution in [0.2, 0.25) is 5.02 Å². The van der Waals surface area contributed by atoms with E-state index in [4.69, 9.17) is 21.1 Å². The number of aliphatic hydroxyl groups excluding tert-OH is 1. The average molecular weight is 586 g/mol. The summed E-state index contributed by atoms with van der Waals surface area (Å²) in [6, 6.07) is 7.70. The summed E-state index contributed by atoms with van der Waals surface area (Å²) in [5, 5.41) is 23.2. The van der Waals surface area contributed by atoms with Gasteiger partial charge in [0.1, 0.15) is 17.8 Å². The maximum Gasteiger partial charge on any atom is 0.315 e. The van der Waals surface area contributed by atoms with Crippen molar-refractivity contribution in [1.82, 2.24) is 4.90 Å². The highest BCUT2D eigenvalue weighted by atomic mass is 35.5. The maximum atomic E-state index is 13.7. The molecule has 2 N–H and O–H groups in total. The number of ether oxygens (including phenoxy) is 2. The Morgan fingerprint density at radius 1 is 1.22 bits per heavy atom. The molecular weight excluding hydrogens is 542 g/mol. The van der Waals surface area contributed by atoms with Crippen molar-refractivity contribution in [2.75, 3.05) is 19.7 Å². The van der Waals surface area contributed by atoms with Gasteiger partial charge in [-0.2, -0.15) is 0 Å². The van der Waals surface area contributed by atoms with Crippen LogP contribution in [0.4, 0.5) is 0 Å². The summed E-state index contributed by atoms with van der Waals surface area (Å²) in [6.07, 6.45) is 4.38. The number of halogens is 1. The Hall–Kier alpha value is -1.77. The molecule has 8 heteroatoms. The predicted molar refractivity (Wildman–Crippen MR) is 155 cm³/mol. The number of carbonyl (C=O) groups is 2. The van der Waals surface area contributed by atoms with Crippen molar-refractivity contribution in [1.29, 1.82) is 0 Å². The molecule has 3 saturated carbocycles. The fourth-order valence-corrected chi connectivity index (χ4v) is 10.4. The minimum absolute atomic E-state index is 0.00332. The summed E-state index contributed by atoms with van der Waals surface area (Å²) in [4.78, 5) is 29.0. The summed E-state index contributed by atoms with van der Waals surface area (Å²) in [7, 11) is 0. The van der Waals surface area contributed by atoms with Crippen molar-refractivity contribution in [2.45, 2.75) is 78.4 Å². The van der Waals surface area contributed by atoms with E-state index >= 15 is 0 Å². The van der Waals surface area contributed by atoms with Crippen LogP contribution in [0.15, 0.2) is 35.9 Å². The Bertz CT molecular complexity index is 1240. The summed E-state index contributed by atoms with van der Waals surface area (Å²) >= 11 is 6.41. The van der Waals surface area contributed by atoms with Gasteiger partial charge in [-0.3, -0.25) is 9.69 Å². The molecule has 7 nitrogen and oxygen atoms in total. The number of aliphatic hydroxyl groups is 1. The highest BCUT2D eigenvalue weighted by Crippen LogP contribution is 2.82. The zero-order chi connectivity index (χ0) is 29.3. The second-order valence-corrected chi connectivity index (χ2v) is 14.4. The van der Waals surface area contributed by atoms with Crippen LogP contribution in [0.25, 0.3) is 0 Å². The number of nitrogens with zero attached hydrogens (tertiary/aromatic N) is 1. The zero-order valence-corrected chi connectivity index (χ0v) is 25.3. The van der Waals surface area contributed by atoms with Crippen LogP contribution in [0.5, 0.6) is 0 Å². The first-order chi connectivity index (χ1) is 19.5. The minimum Gasteiger partial charge on any atom is -0.481 e. The summed E-state index contributed by atoms with van der Waals surface area (Å²) in [5.74, 6) is -0.161. The number of carboxylic acids is 1. The third-order valence-electron chi connectivity index (χ3n) is 11.6. The van der Waals surface area contributed by atoms with Crippen LogP contribution in [0.3, 0.4) is 0 Å². The van der Waals surface area contributed by atoms with Gasteiger partial charge < -0.3 is 24.5 Å². The summed E-state index contributed by atoms with van der Waals surface area (Å²) in [5.41, 5.74) is -1.12. The van der Waals surface area contributed by atoms with Crippen molar-refractivity contribution in [2.24, 2.45) is 45.8 Å². The number of aliphatic carboxylic acids is 1. The largest absolute Gasteiger partial charge is 0.481 e. The molecule has 0 unspecified atom stereocenters. The maximum absolute atomic E-state index is 13.7. The van der Waals surface area contributed by atoms with Gasteiger partial charge in [0.25, 0.3) is 0 Å². The van der Waals surface area contributed by atoms with E-state index in [1.54, 1.807) is 0 Å². The molecular formula is C33H44ClNO6. The van der Waals surface area contributed by atoms with E-state index in [0.717, 1.165) is 36.7 Å². The molecule has 0 amide bonds. The molecule has 1 aromatic carbocycles. The van der Waals surface area contributed by atoms with Crippen LogP contribution in [-0.4, -0.2) is 65.6 Å². The van der Waals surface area contributed by atoms with E-state index in [2.05, 4.69) is 17.9 Å². The van der Waals surface area contributed by atoms with Gasteiger partial charge in [0, 0.05) is 30.1 Å². The Kier molecular flexibility index (Phi) is 7.47. The summed E-state index contributed by atoms with van der Waals surface area (Å²) < 4.78 is 12.8. The second-order valence-electron chi connectivity index (χ2n) is 14.0. The lowest BCUT2D eigenvalue weighted by Gasteiger charge is -2.58. The molecule has 0 spiro atoms. The number of benzene rings is 1. The van der Waals surface area contributed by atoms with Crippen LogP contribution in [0.1, 0.15) is 58.9 Å². The van der Waals surface area contributed by atoms with Gasteiger partial charge in [-0.05, 0) is 67.4 Å². The van der Waals surface area contributed by atoms with Crippen molar-refractivity contribution in [3.05, 3.63) is 46.5 Å². The molecule has 1 aromatic rings. The van der Waals surface area contributed by atoms with Gasteiger partial charge in [0.15, 0.2) is 6.29 Å². The van der Waals surface area contributed by atoms with Crippen molar-refractivity contribution in [3.63, 3.8) is 0 Å². The predicted octanol–water partition coefficient (Wildman–Crippen LogP) is 5.19. The van der Waals surface area contributed by atoms with Crippen LogP contribution in [-0.2, 0) is 25.6 Å². The van der Waals surface area contributed by atoms with Crippen LogP contribution in [0, 0.1) is 45.8 Å². The van der Waals surface area contributed by atoms with Crippen molar-refractivity contribution in [3.8, 4) is 0 Å². The van der Waals surface area contributed by atoms with Gasteiger partial charge in [-0.25, -0.2) is 0 Å². The molecule has 4 aliphatic carbocycles. The molecule has 4 fully saturated rings. The van der Waals surface area contributed by atoms with Gasteiger partial charge >= 0.3 is 5.97 Å². The number of carbonyl (C=O) groups excluding carboxylic acids is 1. The Morgan fingerprint density at radius 3 is 2.66 bits per heavy atom. The van der Waals surface area contributed by atoms with Crippen molar-refractivity contribution < 1.29 is 29.3 Å². The number of allylic oxidation sites excluding steroid dienone is 1. The smallest absolute Gasteiger partial charge is 0.315 e. The average Bonchev–Trinajstić information content (AvgIpc) is 3.45. The monoisotopic (exact) mass is 585 g/mol. The van der Waals surface area contributed by atoms with E-state index < -0.39 is 34.6 Å². The molecule has 1 heterocycles. The molecule has 1 aliphatic heterocycles. The standard InChI is InChI=1S/C33H44ClNO6/c1-19(2)26-11-23-12-31(17-36)25-10-9-20(3)24(25)13-32(23,33(26,31)30(38)39)18-40-29-28(37)16-35(14-21(4)41-29)15-22-7-5-6-8-27(22)34/h5-8,11,17,19-21,23-25,28-29,37H,9-10,12-16,18H2,1-4H3,(H,38,39)/t20-,21-,23+,24-,25-,28+,29-,31+,32+,33+/m1/s1. The van der Waals surface area contributed by atoms with E-state index in [9.17, 15) is 19.8 Å². The molecule has 224 valence electrons. The number of fused-ring (bicyclic) bond motifs is 2. The lowest BCUT2D eigenvalue weighted by Crippen LogP contribution is -2.63. The molecule has 6 rings (SSSR count). The molecule has 5 aliphatic rings. The first-order valence-corrected chi connectivity index (χ1v) is 15.7. The number of rotatable bonds is 8. The third kappa shape index (κ3) is 4.06. The third-order valence-corrected chi connectivity index (χ3v) is 12.0. The normalized spacial score (nSPS) is 43.6. The van der Waals surface area contributed by atoms with E-state index in [1.165, 1.54) is 0 Å². The lowest BCUT2D eigenvalue weighted by molar-refractivity contribution is -0.235. The van der Waals surface area contributed by atoms with Crippen molar-refractivity contribution >= 4 is 23.9 Å². The molecule has 41 heavy (non-hydrogen) atoms. The van der Waals surface area contributed by atoms with Gasteiger partial charge in [-0.1, -0.05) is 68.6 Å². The number of aldehydes is 1. The SMILES string of the molecule is CC(C)C1=C[C@H]2C[C@]3(C=O)[C@@H]4CC[C@@H](C)[C@H]4C[C@@]2(CO[C@@H]2O[C@H](C)CN(Cc4ccccc4Cl)C[C@@H]2O)[C@]13C(=O)O. The molecule has 0 aromatic heterocycles. The minimum atomic E-state index is -1.30. The first-order valence-electron chi connectivity index (χ1n) is 15.3. The second kappa shape index (κ2) is 10.4. The van der Waals surface area contributed by atoms with Gasteiger partial charge in [-0.15, -0.1) is 0 Å². The highest BCUT2D eigenvalue weighted by Gasteiger charge is 2.84. The topological polar surface area (TPSA) is 96.3 Å². The molecule has 1 saturated heterocycles. The van der Waals surface area contributed by atoms with Crippen LogP contribution >= 0.6 is 11.6 Å². The van der Waals surface area contributed by atoms with Crippen LogP contribution < -0.4 is 0 Å². The van der Waals surface area contributed by atoms with E-state index in [1.807, 2.05) is 45.0 Å². The molecule has 4 bridgehead atoms. The highest BCUT2D eigenvalue weighted by molar-refractivity contribution is 6.31. The zero-order valence-electron chi connectivity index (χ0n) is 24.6.